The average Bonchev–Trinajstić information content (AvgIpc) is 3.31. The van der Waals surface area contributed by atoms with Crippen molar-refractivity contribution in [1.82, 2.24) is 20.3 Å². The molecular formula is C29H25F3N6O. The van der Waals surface area contributed by atoms with Gasteiger partial charge in [0.05, 0.1) is 5.56 Å². The normalized spacial score (nSPS) is 14.2. The molecule has 3 heterocycles. The number of piperazine rings is 1. The molecule has 0 saturated carbocycles. The van der Waals surface area contributed by atoms with Crippen LogP contribution in [0.4, 0.5) is 24.5 Å². The molecule has 0 aliphatic carbocycles. The van der Waals surface area contributed by atoms with Crippen LogP contribution in [0.25, 0.3) is 33.1 Å². The Kier molecular flexibility index (Phi) is 6.19. The fourth-order valence-corrected chi connectivity index (χ4v) is 5.03. The Morgan fingerprint density at radius 3 is 2.62 bits per heavy atom. The monoisotopic (exact) mass is 530 g/mol. The number of aromatic amines is 1. The van der Waals surface area contributed by atoms with Gasteiger partial charge in [0.1, 0.15) is 12.0 Å². The Hall–Kier alpha value is -4.44. The topological polar surface area (TPSA) is 85.9 Å². The molecular weight excluding hydrogens is 505 g/mol. The lowest BCUT2D eigenvalue weighted by Crippen LogP contribution is -2.43. The van der Waals surface area contributed by atoms with Crippen molar-refractivity contribution >= 4 is 39.2 Å². The molecule has 2 aromatic heterocycles. The zero-order valence-electron chi connectivity index (χ0n) is 21.1. The van der Waals surface area contributed by atoms with E-state index >= 15 is 0 Å². The summed E-state index contributed by atoms with van der Waals surface area (Å²) in [5.74, 6) is -0.600. The van der Waals surface area contributed by atoms with E-state index in [1.807, 2.05) is 42.2 Å². The number of anilines is 2. The van der Waals surface area contributed by atoms with Crippen LogP contribution >= 0.6 is 0 Å². The maximum atomic E-state index is 13.7. The van der Waals surface area contributed by atoms with Crippen LogP contribution in [0.2, 0.25) is 0 Å². The third kappa shape index (κ3) is 4.90. The lowest BCUT2D eigenvalue weighted by atomic mass is 9.98. The van der Waals surface area contributed by atoms with Gasteiger partial charge in [-0.15, -0.1) is 0 Å². The van der Waals surface area contributed by atoms with Crippen molar-refractivity contribution in [2.75, 3.05) is 36.4 Å². The van der Waals surface area contributed by atoms with Crippen molar-refractivity contribution in [2.45, 2.75) is 13.1 Å². The van der Waals surface area contributed by atoms with E-state index in [1.54, 1.807) is 12.3 Å². The second kappa shape index (κ2) is 9.70. The molecule has 1 aliphatic rings. The number of fused-ring (bicyclic) bond motifs is 3. The summed E-state index contributed by atoms with van der Waals surface area (Å²) >= 11 is 0. The first-order valence-corrected chi connectivity index (χ1v) is 12.6. The minimum Gasteiger partial charge on any atom is -0.369 e. The predicted octanol–water partition coefficient (Wildman–Crippen LogP) is 5.77. The van der Waals surface area contributed by atoms with Crippen LogP contribution in [0.1, 0.15) is 21.5 Å². The number of halogens is 3. The molecule has 0 radical (unpaired) electrons. The van der Waals surface area contributed by atoms with Crippen molar-refractivity contribution in [1.29, 1.82) is 0 Å². The van der Waals surface area contributed by atoms with Crippen molar-refractivity contribution in [2.24, 2.45) is 0 Å². The molecule has 0 unspecified atom stereocenters. The zero-order chi connectivity index (χ0) is 27.1. The van der Waals surface area contributed by atoms with E-state index in [2.05, 4.69) is 25.6 Å². The number of hydrogen-bond donors (Lipinski definition) is 3. The minimum atomic E-state index is -4.57. The van der Waals surface area contributed by atoms with Crippen LogP contribution < -0.4 is 15.5 Å². The van der Waals surface area contributed by atoms with E-state index < -0.39 is 17.6 Å². The Morgan fingerprint density at radius 2 is 1.82 bits per heavy atom. The van der Waals surface area contributed by atoms with Gasteiger partial charge in [-0.2, -0.15) is 13.2 Å². The Labute approximate surface area is 222 Å². The van der Waals surface area contributed by atoms with E-state index in [4.69, 9.17) is 0 Å². The van der Waals surface area contributed by atoms with E-state index in [0.29, 0.717) is 37.6 Å². The van der Waals surface area contributed by atoms with Crippen LogP contribution in [0, 0.1) is 6.92 Å². The molecule has 6 rings (SSSR count). The number of H-pyrrole nitrogens is 1. The van der Waals surface area contributed by atoms with Crippen molar-refractivity contribution in [3.05, 3.63) is 83.8 Å². The summed E-state index contributed by atoms with van der Waals surface area (Å²) in [6.07, 6.45) is -1.31. The number of alkyl halides is 3. The first-order valence-electron chi connectivity index (χ1n) is 12.6. The number of nitrogens with zero attached hydrogens (tertiary/aromatic N) is 3. The molecule has 3 aromatic carbocycles. The van der Waals surface area contributed by atoms with Crippen LogP contribution in [0.3, 0.4) is 0 Å². The van der Waals surface area contributed by atoms with E-state index in [0.717, 1.165) is 50.8 Å². The Bertz CT molecular complexity index is 1710. The highest BCUT2D eigenvalue weighted by Crippen LogP contribution is 2.34. The summed E-state index contributed by atoms with van der Waals surface area (Å²) in [7, 11) is 0. The van der Waals surface area contributed by atoms with Gasteiger partial charge in [-0.25, -0.2) is 9.97 Å². The summed E-state index contributed by atoms with van der Waals surface area (Å²) in [6.45, 7) is 4.44. The predicted molar refractivity (Wildman–Crippen MR) is 146 cm³/mol. The number of aromatic nitrogens is 3. The van der Waals surface area contributed by atoms with Gasteiger partial charge < -0.3 is 20.5 Å². The van der Waals surface area contributed by atoms with Crippen LogP contribution in [-0.2, 0) is 6.18 Å². The van der Waals surface area contributed by atoms with Gasteiger partial charge in [0.25, 0.3) is 5.91 Å². The second-order valence-electron chi connectivity index (χ2n) is 9.66. The molecule has 0 atom stereocenters. The number of hydrogen-bond acceptors (Lipinski definition) is 5. The van der Waals surface area contributed by atoms with Crippen molar-refractivity contribution < 1.29 is 18.0 Å². The standard InChI is InChI=1S/C29H25F3N6O/c1-17-2-4-21(14-24(17)18-3-5-23-25-15-34-16-35-27(25)37-26(23)12-18)36-28(39)19-10-20(29(30,31)32)13-22(11-19)38-8-6-33-7-9-38/h2-5,10-16,33H,6-9H2,1H3,(H,36,39)(H,34,35,37). The molecule has 10 heteroatoms. The number of nitrogens with one attached hydrogen (secondary N) is 3. The van der Waals surface area contributed by atoms with Gasteiger partial charge in [0.15, 0.2) is 0 Å². The van der Waals surface area contributed by atoms with Crippen molar-refractivity contribution in [3.63, 3.8) is 0 Å². The van der Waals surface area contributed by atoms with E-state index in [-0.39, 0.29) is 5.56 Å². The Morgan fingerprint density at radius 1 is 1.00 bits per heavy atom. The lowest BCUT2D eigenvalue weighted by molar-refractivity contribution is -0.137. The fraction of sp³-hybridized carbons (Fsp3) is 0.207. The summed E-state index contributed by atoms with van der Waals surface area (Å²) in [6, 6.07) is 15.0. The number of rotatable bonds is 4. The van der Waals surface area contributed by atoms with E-state index in [9.17, 15) is 18.0 Å². The summed E-state index contributed by atoms with van der Waals surface area (Å²) < 4.78 is 41.1. The zero-order valence-corrected chi connectivity index (χ0v) is 21.1. The highest BCUT2D eigenvalue weighted by Gasteiger charge is 2.32. The minimum absolute atomic E-state index is 0.0407. The average molecular weight is 531 g/mol. The first-order chi connectivity index (χ1) is 18.8. The number of aryl methyl sites for hydroxylation is 1. The molecule has 39 heavy (non-hydrogen) atoms. The van der Waals surface area contributed by atoms with Gasteiger partial charge in [0.2, 0.25) is 0 Å². The van der Waals surface area contributed by atoms with Gasteiger partial charge >= 0.3 is 6.18 Å². The van der Waals surface area contributed by atoms with Gasteiger partial charge in [0, 0.05) is 65.6 Å². The number of carbonyl (C=O) groups is 1. The van der Waals surface area contributed by atoms with Gasteiger partial charge in [-0.3, -0.25) is 4.79 Å². The Balaban J connectivity index is 1.32. The smallest absolute Gasteiger partial charge is 0.369 e. The second-order valence-corrected chi connectivity index (χ2v) is 9.66. The maximum absolute atomic E-state index is 13.7. The fourth-order valence-electron chi connectivity index (χ4n) is 5.03. The quantitative estimate of drug-likeness (QED) is 0.275. The molecule has 7 nitrogen and oxygen atoms in total. The molecule has 1 aliphatic heterocycles. The highest BCUT2D eigenvalue weighted by atomic mass is 19.4. The molecule has 1 fully saturated rings. The van der Waals surface area contributed by atoms with Crippen LogP contribution in [0.15, 0.2) is 67.1 Å². The lowest BCUT2D eigenvalue weighted by Gasteiger charge is -2.30. The molecule has 0 spiro atoms. The molecule has 3 N–H and O–H groups in total. The molecule has 1 saturated heterocycles. The SMILES string of the molecule is Cc1ccc(NC(=O)c2cc(N3CCNCC3)cc(C(F)(F)F)c2)cc1-c1ccc2c(c1)[nH]c1ncncc12. The van der Waals surface area contributed by atoms with Crippen LogP contribution in [0.5, 0.6) is 0 Å². The summed E-state index contributed by atoms with van der Waals surface area (Å²) in [4.78, 5) is 26.8. The molecule has 5 aromatic rings. The summed E-state index contributed by atoms with van der Waals surface area (Å²) in [5, 5.41) is 7.92. The third-order valence-corrected chi connectivity index (χ3v) is 7.07. The van der Waals surface area contributed by atoms with Gasteiger partial charge in [-0.1, -0.05) is 18.2 Å². The van der Waals surface area contributed by atoms with E-state index in [1.165, 1.54) is 12.4 Å². The van der Waals surface area contributed by atoms with Crippen molar-refractivity contribution in [3.8, 4) is 11.1 Å². The largest absolute Gasteiger partial charge is 0.416 e. The van der Waals surface area contributed by atoms with Crippen LogP contribution in [-0.4, -0.2) is 47.0 Å². The number of amides is 1. The maximum Gasteiger partial charge on any atom is 0.416 e. The first kappa shape index (κ1) is 24.9. The third-order valence-electron chi connectivity index (χ3n) is 7.07. The number of carbonyl (C=O) groups excluding carboxylic acids is 1. The molecule has 198 valence electrons. The molecule has 1 amide bonds. The molecule has 0 bridgehead atoms. The summed E-state index contributed by atoms with van der Waals surface area (Å²) in [5.41, 5.74) is 4.45. The van der Waals surface area contributed by atoms with Gasteiger partial charge in [-0.05, 0) is 60.0 Å². The highest BCUT2D eigenvalue weighted by molar-refractivity contribution is 6.07. The number of benzene rings is 3.